The summed E-state index contributed by atoms with van der Waals surface area (Å²) < 4.78 is 46.8. The number of halogens is 3. The lowest BCUT2D eigenvalue weighted by atomic mass is 9.73. The minimum absolute atomic E-state index is 0.216. The molecule has 126 valence electrons. The third kappa shape index (κ3) is 2.91. The van der Waals surface area contributed by atoms with Crippen molar-refractivity contribution in [2.75, 3.05) is 6.61 Å². The maximum Gasteiger partial charge on any atom is 0.416 e. The molecular formula is C18H15F3O3. The Labute approximate surface area is 137 Å². The van der Waals surface area contributed by atoms with E-state index >= 15 is 0 Å². The van der Waals surface area contributed by atoms with E-state index in [1.54, 1.807) is 6.07 Å². The van der Waals surface area contributed by atoms with Crippen LogP contribution in [0.2, 0.25) is 0 Å². The lowest BCUT2D eigenvalue weighted by molar-refractivity contribution is -0.197. The van der Waals surface area contributed by atoms with E-state index in [4.69, 9.17) is 0 Å². The van der Waals surface area contributed by atoms with Gasteiger partial charge in [-0.15, -0.1) is 0 Å². The molecule has 1 atom stereocenters. The first kappa shape index (κ1) is 17.7. The topological polar surface area (TPSA) is 43.4 Å². The van der Waals surface area contributed by atoms with Crippen LogP contribution in [0.15, 0.2) is 60.7 Å². The molecule has 2 aromatic carbocycles. The van der Waals surface area contributed by atoms with E-state index < -0.39 is 28.9 Å². The molecule has 2 aromatic rings. The molecule has 6 heteroatoms. The summed E-state index contributed by atoms with van der Waals surface area (Å²) in [5, 5.41) is 0. The highest BCUT2D eigenvalue weighted by molar-refractivity contribution is 6.18. The summed E-state index contributed by atoms with van der Waals surface area (Å²) in [5.74, 6) is -2.99. The van der Waals surface area contributed by atoms with Crippen molar-refractivity contribution in [3.63, 3.8) is 0 Å². The first-order valence-electron chi connectivity index (χ1n) is 7.25. The van der Waals surface area contributed by atoms with Gasteiger partial charge in [0.1, 0.15) is 0 Å². The Morgan fingerprint density at radius 1 is 0.917 bits per heavy atom. The molecule has 0 aliphatic carbocycles. The van der Waals surface area contributed by atoms with Crippen molar-refractivity contribution in [3.8, 4) is 0 Å². The van der Waals surface area contributed by atoms with Crippen LogP contribution >= 0.6 is 0 Å². The first-order chi connectivity index (χ1) is 11.4. The normalized spacial score (nSPS) is 13.8. The van der Waals surface area contributed by atoms with Gasteiger partial charge >= 0.3 is 12.1 Å². The molecule has 0 amide bonds. The molecule has 0 aromatic heterocycles. The quantitative estimate of drug-likeness (QED) is 0.472. The molecule has 3 nitrogen and oxygen atoms in total. The SMILES string of the molecule is CCOC(=O)C(C(=O)c1ccccc1)(c1ccccc1)C(F)(F)F. The van der Waals surface area contributed by atoms with Crippen LogP contribution in [0.3, 0.4) is 0 Å². The van der Waals surface area contributed by atoms with Gasteiger partial charge in [-0.3, -0.25) is 9.59 Å². The van der Waals surface area contributed by atoms with Crippen molar-refractivity contribution in [3.05, 3.63) is 71.8 Å². The summed E-state index contributed by atoms with van der Waals surface area (Å²) in [6.45, 7) is 1.11. The molecule has 0 bridgehead atoms. The van der Waals surface area contributed by atoms with Gasteiger partial charge in [0, 0.05) is 5.56 Å². The molecule has 0 radical (unpaired) electrons. The van der Waals surface area contributed by atoms with Crippen LogP contribution < -0.4 is 0 Å². The number of alkyl halides is 3. The number of carbonyl (C=O) groups is 2. The van der Waals surface area contributed by atoms with Crippen LogP contribution in [0.25, 0.3) is 0 Å². The number of ether oxygens (including phenoxy) is 1. The predicted molar refractivity (Wildman–Crippen MR) is 81.6 cm³/mol. The van der Waals surface area contributed by atoms with Crippen LogP contribution in [0.1, 0.15) is 22.8 Å². The average Bonchev–Trinajstić information content (AvgIpc) is 2.56. The predicted octanol–water partition coefficient (Wildman–Crippen LogP) is 3.93. The molecule has 0 spiro atoms. The highest BCUT2D eigenvalue weighted by Crippen LogP contribution is 2.44. The maximum absolute atomic E-state index is 14.0. The van der Waals surface area contributed by atoms with E-state index in [2.05, 4.69) is 4.74 Å². The molecule has 0 saturated heterocycles. The third-order valence-electron chi connectivity index (χ3n) is 3.59. The van der Waals surface area contributed by atoms with Crippen LogP contribution in [-0.4, -0.2) is 24.5 Å². The number of esters is 1. The highest BCUT2D eigenvalue weighted by atomic mass is 19.4. The molecule has 0 saturated carbocycles. The number of hydrogen-bond donors (Lipinski definition) is 0. The largest absolute Gasteiger partial charge is 0.465 e. The fourth-order valence-electron chi connectivity index (χ4n) is 2.48. The summed E-state index contributed by atoms with van der Waals surface area (Å²) >= 11 is 0. The van der Waals surface area contributed by atoms with Gasteiger partial charge in [-0.1, -0.05) is 60.7 Å². The van der Waals surface area contributed by atoms with E-state index in [0.29, 0.717) is 0 Å². The van der Waals surface area contributed by atoms with Crippen LogP contribution in [0.5, 0.6) is 0 Å². The van der Waals surface area contributed by atoms with E-state index in [0.717, 1.165) is 12.1 Å². The van der Waals surface area contributed by atoms with Crippen molar-refractivity contribution in [1.82, 2.24) is 0 Å². The monoisotopic (exact) mass is 336 g/mol. The zero-order valence-corrected chi connectivity index (χ0v) is 12.8. The van der Waals surface area contributed by atoms with Crippen molar-refractivity contribution < 1.29 is 27.5 Å². The zero-order chi connectivity index (χ0) is 17.8. The second-order valence-electron chi connectivity index (χ2n) is 5.03. The highest BCUT2D eigenvalue weighted by Gasteiger charge is 2.67. The van der Waals surface area contributed by atoms with Gasteiger partial charge in [0.2, 0.25) is 5.41 Å². The molecule has 0 heterocycles. The lowest BCUT2D eigenvalue weighted by Crippen LogP contribution is -2.56. The van der Waals surface area contributed by atoms with Crippen molar-refractivity contribution >= 4 is 11.8 Å². The fourth-order valence-corrected chi connectivity index (χ4v) is 2.48. The maximum atomic E-state index is 14.0. The molecule has 0 fully saturated rings. The number of benzene rings is 2. The lowest BCUT2D eigenvalue weighted by Gasteiger charge is -2.32. The van der Waals surface area contributed by atoms with Crippen molar-refractivity contribution in [1.29, 1.82) is 0 Å². The number of ketones is 1. The number of Topliss-reactive ketones (excluding diaryl/α,β-unsaturated/α-hetero) is 1. The van der Waals surface area contributed by atoms with Crippen molar-refractivity contribution in [2.45, 2.75) is 18.5 Å². The van der Waals surface area contributed by atoms with Crippen LogP contribution in [0.4, 0.5) is 13.2 Å². The Kier molecular flexibility index (Phi) is 5.07. The Morgan fingerprint density at radius 2 is 1.42 bits per heavy atom. The van der Waals surface area contributed by atoms with Crippen LogP contribution in [-0.2, 0) is 14.9 Å². The smallest absolute Gasteiger partial charge is 0.416 e. The van der Waals surface area contributed by atoms with E-state index in [-0.39, 0.29) is 12.2 Å². The molecule has 0 N–H and O–H groups in total. The standard InChI is InChI=1S/C18H15F3O3/c1-2-24-16(23)17(18(19,20)21,14-11-7-4-8-12-14)15(22)13-9-5-3-6-10-13/h3-12H,2H2,1H3. The molecule has 2 rings (SSSR count). The van der Waals surface area contributed by atoms with Gasteiger partial charge in [-0.25, -0.2) is 0 Å². The Bertz CT molecular complexity index is 711. The Morgan fingerprint density at radius 3 is 1.88 bits per heavy atom. The second-order valence-corrected chi connectivity index (χ2v) is 5.03. The molecular weight excluding hydrogens is 321 g/mol. The number of carbonyl (C=O) groups excluding carboxylic acids is 2. The van der Waals surface area contributed by atoms with Gasteiger partial charge in [-0.2, -0.15) is 13.2 Å². The van der Waals surface area contributed by atoms with Gasteiger partial charge in [-0.05, 0) is 12.5 Å². The van der Waals surface area contributed by atoms with E-state index in [9.17, 15) is 22.8 Å². The molecule has 24 heavy (non-hydrogen) atoms. The summed E-state index contributed by atoms with van der Waals surface area (Å²) in [5.41, 5.74) is -4.08. The third-order valence-corrected chi connectivity index (χ3v) is 3.59. The van der Waals surface area contributed by atoms with E-state index in [1.807, 2.05) is 0 Å². The number of rotatable bonds is 5. The second kappa shape index (κ2) is 6.86. The van der Waals surface area contributed by atoms with Gasteiger partial charge in [0.15, 0.2) is 5.78 Å². The minimum atomic E-state index is -5.16. The summed E-state index contributed by atoms with van der Waals surface area (Å²) in [6, 6.07) is 13.3. The van der Waals surface area contributed by atoms with Crippen molar-refractivity contribution in [2.24, 2.45) is 0 Å². The van der Waals surface area contributed by atoms with Gasteiger partial charge in [0.25, 0.3) is 0 Å². The molecule has 0 aliphatic heterocycles. The zero-order valence-electron chi connectivity index (χ0n) is 12.8. The summed E-state index contributed by atoms with van der Waals surface area (Å²) in [7, 11) is 0. The Balaban J connectivity index is 2.76. The van der Waals surface area contributed by atoms with E-state index in [1.165, 1.54) is 49.4 Å². The van der Waals surface area contributed by atoms with Gasteiger partial charge < -0.3 is 4.74 Å². The Hall–Kier alpha value is -2.63. The average molecular weight is 336 g/mol. The van der Waals surface area contributed by atoms with Gasteiger partial charge in [0.05, 0.1) is 6.61 Å². The minimum Gasteiger partial charge on any atom is -0.465 e. The summed E-state index contributed by atoms with van der Waals surface area (Å²) in [4.78, 5) is 25.2. The van der Waals surface area contributed by atoms with Crippen LogP contribution in [0, 0.1) is 0 Å². The summed E-state index contributed by atoms with van der Waals surface area (Å²) in [6.07, 6.45) is -5.16. The number of hydrogen-bond acceptors (Lipinski definition) is 3. The first-order valence-corrected chi connectivity index (χ1v) is 7.25. The molecule has 1 unspecified atom stereocenters. The fraction of sp³-hybridized carbons (Fsp3) is 0.222. The molecule has 0 aliphatic rings.